The Morgan fingerprint density at radius 3 is 2.48 bits per heavy atom. The van der Waals surface area contributed by atoms with Crippen molar-refractivity contribution in [1.29, 1.82) is 0 Å². The number of nitrogens with one attached hydrogen (secondary N) is 2. The second-order valence-electron chi connectivity index (χ2n) is 5.91. The number of hydrogen-bond donors (Lipinski definition) is 2. The maximum atomic E-state index is 11.9. The molecule has 2 atom stereocenters. The van der Waals surface area contributed by atoms with Crippen molar-refractivity contribution in [3.63, 3.8) is 0 Å². The Hall–Kier alpha value is -2.42. The molecular formula is C16H20N2O6S. The van der Waals surface area contributed by atoms with Crippen molar-refractivity contribution < 1.29 is 27.5 Å². The van der Waals surface area contributed by atoms with Crippen LogP contribution >= 0.6 is 0 Å². The number of esters is 1. The van der Waals surface area contributed by atoms with Gasteiger partial charge >= 0.3 is 5.97 Å². The van der Waals surface area contributed by atoms with E-state index in [2.05, 4.69) is 10.9 Å². The van der Waals surface area contributed by atoms with Crippen molar-refractivity contribution in [3.05, 3.63) is 35.9 Å². The van der Waals surface area contributed by atoms with E-state index in [0.29, 0.717) is 12.0 Å². The first-order valence-corrected chi connectivity index (χ1v) is 9.64. The average molecular weight is 368 g/mol. The molecule has 1 aromatic carbocycles. The molecule has 0 saturated carbocycles. The van der Waals surface area contributed by atoms with Gasteiger partial charge in [0.15, 0.2) is 15.9 Å². The van der Waals surface area contributed by atoms with Gasteiger partial charge in [0.1, 0.15) is 0 Å². The molecule has 0 radical (unpaired) electrons. The molecular weight excluding hydrogens is 348 g/mol. The highest BCUT2D eigenvalue weighted by molar-refractivity contribution is 7.91. The lowest BCUT2D eigenvalue weighted by Gasteiger charge is -2.15. The summed E-state index contributed by atoms with van der Waals surface area (Å²) in [6, 6.07) is 8.29. The molecule has 0 unspecified atom stereocenters. The highest BCUT2D eigenvalue weighted by Crippen LogP contribution is 2.22. The maximum Gasteiger partial charge on any atom is 0.306 e. The summed E-state index contributed by atoms with van der Waals surface area (Å²) in [5.41, 5.74) is 4.78. The fourth-order valence-electron chi connectivity index (χ4n) is 2.45. The summed E-state index contributed by atoms with van der Waals surface area (Å²) in [5, 5.41) is 0. The number of rotatable bonds is 5. The summed E-state index contributed by atoms with van der Waals surface area (Å²) < 4.78 is 27.7. The molecule has 1 aliphatic rings. The van der Waals surface area contributed by atoms with Gasteiger partial charge in [-0.3, -0.25) is 25.2 Å². The number of carbonyl (C=O) groups is 3. The fraction of sp³-hybridized carbons (Fsp3) is 0.438. The van der Waals surface area contributed by atoms with Crippen molar-refractivity contribution in [3.8, 4) is 0 Å². The van der Waals surface area contributed by atoms with Crippen molar-refractivity contribution >= 4 is 27.6 Å². The highest BCUT2D eigenvalue weighted by atomic mass is 32.2. The van der Waals surface area contributed by atoms with Crippen LogP contribution in [0.3, 0.4) is 0 Å². The lowest BCUT2D eigenvalue weighted by molar-refractivity contribution is -0.155. The molecule has 1 aromatic rings. The molecule has 0 spiro atoms. The summed E-state index contributed by atoms with van der Waals surface area (Å²) in [4.78, 5) is 35.5. The van der Waals surface area contributed by atoms with E-state index in [1.54, 1.807) is 30.3 Å². The number of ether oxygens (including phenoxy) is 1. The molecule has 25 heavy (non-hydrogen) atoms. The summed E-state index contributed by atoms with van der Waals surface area (Å²) in [6.07, 6.45) is -0.736. The van der Waals surface area contributed by atoms with Crippen LogP contribution in [0.15, 0.2) is 30.3 Å². The van der Waals surface area contributed by atoms with Crippen LogP contribution in [-0.2, 0) is 24.2 Å². The predicted molar refractivity (Wildman–Crippen MR) is 89.0 cm³/mol. The van der Waals surface area contributed by atoms with Gasteiger partial charge in [0.05, 0.1) is 11.5 Å². The molecule has 136 valence electrons. The van der Waals surface area contributed by atoms with Crippen LogP contribution < -0.4 is 10.9 Å². The molecule has 1 aliphatic heterocycles. The number of hydrogen-bond acceptors (Lipinski definition) is 6. The normalized spacial score (nSPS) is 19.6. The zero-order valence-corrected chi connectivity index (χ0v) is 14.5. The van der Waals surface area contributed by atoms with Crippen molar-refractivity contribution in [2.24, 2.45) is 5.92 Å². The van der Waals surface area contributed by atoms with Gasteiger partial charge in [0.25, 0.3) is 11.8 Å². The summed E-state index contributed by atoms with van der Waals surface area (Å²) in [5.74, 6) is -2.05. The van der Waals surface area contributed by atoms with Gasteiger partial charge in [-0.15, -0.1) is 0 Å². The molecule has 0 aliphatic carbocycles. The molecule has 2 rings (SSSR count). The van der Waals surface area contributed by atoms with E-state index >= 15 is 0 Å². The molecule has 0 bridgehead atoms. The van der Waals surface area contributed by atoms with Crippen molar-refractivity contribution in [2.75, 3.05) is 11.5 Å². The zero-order valence-electron chi connectivity index (χ0n) is 13.7. The van der Waals surface area contributed by atoms with Crippen molar-refractivity contribution in [1.82, 2.24) is 10.9 Å². The summed E-state index contributed by atoms with van der Waals surface area (Å²) in [6.45, 7) is 1.37. The first-order valence-electron chi connectivity index (χ1n) is 7.82. The van der Waals surface area contributed by atoms with Crippen LogP contribution in [0.5, 0.6) is 0 Å². The number of carbonyl (C=O) groups excluding carboxylic acids is 3. The third-order valence-corrected chi connectivity index (χ3v) is 5.63. The van der Waals surface area contributed by atoms with Crippen LogP contribution in [0.1, 0.15) is 30.1 Å². The van der Waals surface area contributed by atoms with Gasteiger partial charge in [-0.2, -0.15) is 0 Å². The molecule has 1 saturated heterocycles. The van der Waals surface area contributed by atoms with Gasteiger partial charge in [0.2, 0.25) is 0 Å². The quantitative estimate of drug-likeness (QED) is 0.566. The molecule has 0 aromatic heterocycles. The second kappa shape index (κ2) is 8.11. The lowest BCUT2D eigenvalue weighted by atomic mass is 10.1. The van der Waals surface area contributed by atoms with Gasteiger partial charge in [-0.25, -0.2) is 8.42 Å². The third-order valence-electron chi connectivity index (χ3n) is 3.79. The average Bonchev–Trinajstić information content (AvgIpc) is 2.91. The fourth-order valence-corrected chi connectivity index (χ4v) is 4.31. The van der Waals surface area contributed by atoms with Crippen LogP contribution in [0.4, 0.5) is 0 Å². The van der Waals surface area contributed by atoms with Crippen LogP contribution in [0.25, 0.3) is 0 Å². The Labute approximate surface area is 145 Å². The first kappa shape index (κ1) is 18.9. The van der Waals surface area contributed by atoms with E-state index < -0.39 is 33.7 Å². The Morgan fingerprint density at radius 2 is 1.88 bits per heavy atom. The Kier molecular flexibility index (Phi) is 6.13. The van der Waals surface area contributed by atoms with Gasteiger partial charge in [-0.1, -0.05) is 18.2 Å². The van der Waals surface area contributed by atoms with E-state index in [1.165, 1.54) is 6.92 Å². The topological polar surface area (TPSA) is 119 Å². The molecule has 2 amide bonds. The minimum atomic E-state index is -3.06. The molecule has 8 nitrogen and oxygen atoms in total. The van der Waals surface area contributed by atoms with Crippen LogP contribution in [-0.4, -0.2) is 43.8 Å². The monoisotopic (exact) mass is 368 g/mol. The number of amides is 2. The minimum Gasteiger partial charge on any atom is -0.452 e. The molecule has 1 heterocycles. The summed E-state index contributed by atoms with van der Waals surface area (Å²) in [7, 11) is -3.06. The van der Waals surface area contributed by atoms with E-state index in [9.17, 15) is 22.8 Å². The largest absolute Gasteiger partial charge is 0.452 e. The molecule has 2 N–H and O–H groups in total. The first-order chi connectivity index (χ1) is 11.8. The standard InChI is InChI=1S/C16H20N2O6S/c1-11(24-14(19)9-12-7-8-25(22,23)10-12)15(20)17-18-16(21)13-5-3-2-4-6-13/h2-6,11-12H,7-10H2,1H3,(H,17,20)(H,18,21)/t11-,12-/m1/s1. The third kappa shape index (κ3) is 5.86. The Balaban J connectivity index is 1.74. The predicted octanol–water partition coefficient (Wildman–Crippen LogP) is 0.204. The van der Waals surface area contributed by atoms with Gasteiger partial charge < -0.3 is 4.74 Å². The number of hydrazine groups is 1. The van der Waals surface area contributed by atoms with E-state index in [4.69, 9.17) is 4.74 Å². The summed E-state index contributed by atoms with van der Waals surface area (Å²) >= 11 is 0. The zero-order chi connectivity index (χ0) is 18.4. The maximum absolute atomic E-state index is 11.9. The lowest BCUT2D eigenvalue weighted by Crippen LogP contribution is -2.46. The van der Waals surface area contributed by atoms with Crippen LogP contribution in [0, 0.1) is 5.92 Å². The smallest absolute Gasteiger partial charge is 0.306 e. The van der Waals surface area contributed by atoms with Crippen molar-refractivity contribution in [2.45, 2.75) is 25.9 Å². The SMILES string of the molecule is C[C@@H](OC(=O)C[C@H]1CCS(=O)(=O)C1)C(=O)NNC(=O)c1ccccc1. The highest BCUT2D eigenvalue weighted by Gasteiger charge is 2.30. The molecule has 1 fully saturated rings. The van der Waals surface area contributed by atoms with Crippen LogP contribution in [0.2, 0.25) is 0 Å². The minimum absolute atomic E-state index is 0.0319. The number of benzene rings is 1. The Morgan fingerprint density at radius 1 is 1.20 bits per heavy atom. The second-order valence-corrected chi connectivity index (χ2v) is 8.14. The van der Waals surface area contributed by atoms with E-state index in [1.807, 2.05) is 0 Å². The van der Waals surface area contributed by atoms with E-state index in [-0.39, 0.29) is 23.8 Å². The van der Waals surface area contributed by atoms with Gasteiger partial charge in [0, 0.05) is 12.0 Å². The molecule has 9 heteroatoms. The number of sulfone groups is 1. The Bertz CT molecular complexity index is 747. The van der Waals surface area contributed by atoms with Gasteiger partial charge in [-0.05, 0) is 31.4 Å². The van der Waals surface area contributed by atoms with E-state index in [0.717, 1.165) is 0 Å².